The molecule has 0 saturated carbocycles. The van der Waals surface area contributed by atoms with E-state index in [2.05, 4.69) is 0 Å². The summed E-state index contributed by atoms with van der Waals surface area (Å²) in [5.41, 5.74) is -0.0213. The molecule has 0 aliphatic carbocycles. The fourth-order valence-corrected chi connectivity index (χ4v) is 2.98. The first-order valence-electron chi connectivity index (χ1n) is 7.42. The van der Waals surface area contributed by atoms with Gasteiger partial charge in [0.1, 0.15) is 17.4 Å². The van der Waals surface area contributed by atoms with E-state index in [1.165, 1.54) is 38.4 Å². The van der Waals surface area contributed by atoms with Crippen LogP contribution in [0.3, 0.4) is 0 Å². The fraction of sp³-hybridized carbons (Fsp3) is 0.375. The van der Waals surface area contributed by atoms with Gasteiger partial charge in [0.25, 0.3) is 10.0 Å². The molecule has 0 N–H and O–H groups in total. The Morgan fingerprint density at radius 2 is 1.67 bits per heavy atom. The molecule has 132 valence electrons. The normalized spacial score (nSPS) is 12.3. The SMILES string of the molecule is CCN(Cc1ccc(S(=O)(=O)N(C)C)o1)Cc1c(F)cccc1F. The fourth-order valence-electron chi connectivity index (χ4n) is 2.17. The van der Waals surface area contributed by atoms with Crippen molar-refractivity contribution in [3.05, 3.63) is 53.3 Å². The van der Waals surface area contributed by atoms with Gasteiger partial charge in [-0.15, -0.1) is 0 Å². The molecule has 0 aliphatic heterocycles. The van der Waals surface area contributed by atoms with Crippen LogP contribution in [0.15, 0.2) is 39.8 Å². The molecular formula is C16H20F2N2O3S. The lowest BCUT2D eigenvalue weighted by molar-refractivity contribution is 0.233. The van der Waals surface area contributed by atoms with E-state index in [1.807, 2.05) is 6.92 Å². The standard InChI is InChI=1S/C16H20F2N2O3S/c1-4-20(11-13-14(17)6-5-7-15(13)18)10-12-8-9-16(23-12)24(21,22)19(2)3/h5-9H,4,10-11H2,1-3H3. The second-order valence-electron chi connectivity index (χ2n) is 5.51. The number of benzene rings is 1. The summed E-state index contributed by atoms with van der Waals surface area (Å²) in [6.07, 6.45) is 0. The van der Waals surface area contributed by atoms with Crippen LogP contribution in [0.4, 0.5) is 8.78 Å². The topological polar surface area (TPSA) is 53.8 Å². The summed E-state index contributed by atoms with van der Waals surface area (Å²) in [6, 6.07) is 6.66. The Morgan fingerprint density at radius 3 is 2.21 bits per heavy atom. The molecule has 0 radical (unpaired) electrons. The van der Waals surface area contributed by atoms with Gasteiger partial charge in [0, 0.05) is 26.2 Å². The first kappa shape index (κ1) is 18.6. The van der Waals surface area contributed by atoms with Crippen LogP contribution < -0.4 is 0 Å². The van der Waals surface area contributed by atoms with Gasteiger partial charge in [-0.05, 0) is 30.8 Å². The minimum Gasteiger partial charge on any atom is -0.447 e. The van der Waals surface area contributed by atoms with Crippen molar-refractivity contribution in [3.8, 4) is 0 Å². The smallest absolute Gasteiger partial charge is 0.275 e. The lowest BCUT2D eigenvalue weighted by Crippen LogP contribution is -2.23. The lowest BCUT2D eigenvalue weighted by atomic mass is 10.2. The van der Waals surface area contributed by atoms with Gasteiger partial charge in [0.2, 0.25) is 5.09 Å². The zero-order chi connectivity index (χ0) is 17.9. The Balaban J connectivity index is 2.16. The van der Waals surface area contributed by atoms with Crippen LogP contribution >= 0.6 is 0 Å². The maximum Gasteiger partial charge on any atom is 0.275 e. The Labute approximate surface area is 140 Å². The zero-order valence-corrected chi connectivity index (χ0v) is 14.6. The lowest BCUT2D eigenvalue weighted by Gasteiger charge is -2.19. The van der Waals surface area contributed by atoms with E-state index in [0.717, 1.165) is 4.31 Å². The van der Waals surface area contributed by atoms with E-state index in [9.17, 15) is 17.2 Å². The van der Waals surface area contributed by atoms with Gasteiger partial charge in [-0.25, -0.2) is 21.5 Å². The van der Waals surface area contributed by atoms with Gasteiger partial charge in [-0.3, -0.25) is 4.90 Å². The van der Waals surface area contributed by atoms with E-state index < -0.39 is 21.7 Å². The Morgan fingerprint density at radius 1 is 1.04 bits per heavy atom. The highest BCUT2D eigenvalue weighted by Gasteiger charge is 2.22. The largest absolute Gasteiger partial charge is 0.447 e. The number of hydrogen-bond acceptors (Lipinski definition) is 4. The minimum absolute atomic E-state index is 0.0213. The second-order valence-corrected chi connectivity index (χ2v) is 7.59. The molecule has 0 bridgehead atoms. The van der Waals surface area contributed by atoms with Crippen LogP contribution in [-0.2, 0) is 23.1 Å². The predicted octanol–water partition coefficient (Wildman–Crippen LogP) is 2.83. The van der Waals surface area contributed by atoms with Crippen LogP contribution in [0, 0.1) is 11.6 Å². The van der Waals surface area contributed by atoms with Crippen molar-refractivity contribution in [2.75, 3.05) is 20.6 Å². The van der Waals surface area contributed by atoms with Gasteiger partial charge in [0.05, 0.1) is 6.54 Å². The Bertz CT molecular complexity index is 783. The third kappa shape index (κ3) is 4.00. The summed E-state index contributed by atoms with van der Waals surface area (Å²) in [4.78, 5) is 1.76. The highest BCUT2D eigenvalue weighted by molar-refractivity contribution is 7.88. The molecule has 1 aromatic heterocycles. The quantitative estimate of drug-likeness (QED) is 0.764. The Kier molecular flexibility index (Phi) is 5.74. The minimum atomic E-state index is -3.64. The number of furan rings is 1. The van der Waals surface area contributed by atoms with E-state index in [-0.39, 0.29) is 23.7 Å². The molecule has 0 spiro atoms. The highest BCUT2D eigenvalue weighted by atomic mass is 32.2. The van der Waals surface area contributed by atoms with Gasteiger partial charge in [-0.1, -0.05) is 13.0 Å². The van der Waals surface area contributed by atoms with Crippen LogP contribution in [0.5, 0.6) is 0 Å². The van der Waals surface area contributed by atoms with Crippen LogP contribution in [0.25, 0.3) is 0 Å². The molecule has 5 nitrogen and oxygen atoms in total. The van der Waals surface area contributed by atoms with Crippen LogP contribution in [0.1, 0.15) is 18.2 Å². The summed E-state index contributed by atoms with van der Waals surface area (Å²) in [6.45, 7) is 2.67. The van der Waals surface area contributed by atoms with Crippen molar-refractivity contribution in [2.24, 2.45) is 0 Å². The second kappa shape index (κ2) is 7.42. The molecule has 0 saturated heterocycles. The average molecular weight is 358 g/mol. The molecule has 2 aromatic rings. The third-order valence-corrected chi connectivity index (χ3v) is 5.33. The first-order valence-corrected chi connectivity index (χ1v) is 8.86. The first-order chi connectivity index (χ1) is 11.3. The molecule has 1 aromatic carbocycles. The number of hydrogen-bond donors (Lipinski definition) is 0. The molecular weight excluding hydrogens is 338 g/mol. The maximum atomic E-state index is 13.8. The van der Waals surface area contributed by atoms with Crippen molar-refractivity contribution in [3.63, 3.8) is 0 Å². The Hall–Kier alpha value is -1.77. The average Bonchev–Trinajstić information content (AvgIpc) is 2.99. The molecule has 24 heavy (non-hydrogen) atoms. The number of sulfonamides is 1. The molecule has 0 atom stereocenters. The van der Waals surface area contributed by atoms with Gasteiger partial charge < -0.3 is 4.42 Å². The number of halogens is 2. The molecule has 0 fully saturated rings. The number of rotatable bonds is 7. The van der Waals surface area contributed by atoms with E-state index >= 15 is 0 Å². The highest BCUT2D eigenvalue weighted by Crippen LogP contribution is 2.20. The molecule has 0 aliphatic rings. The maximum absolute atomic E-state index is 13.8. The molecule has 0 amide bonds. The van der Waals surface area contributed by atoms with Crippen LogP contribution in [0.2, 0.25) is 0 Å². The van der Waals surface area contributed by atoms with E-state index in [0.29, 0.717) is 12.3 Å². The summed E-state index contributed by atoms with van der Waals surface area (Å²) in [5, 5.41) is -0.157. The van der Waals surface area contributed by atoms with E-state index in [1.54, 1.807) is 11.0 Å². The van der Waals surface area contributed by atoms with Crippen molar-refractivity contribution >= 4 is 10.0 Å². The van der Waals surface area contributed by atoms with Crippen molar-refractivity contribution in [1.82, 2.24) is 9.21 Å². The third-order valence-electron chi connectivity index (χ3n) is 3.64. The van der Waals surface area contributed by atoms with E-state index in [4.69, 9.17) is 4.42 Å². The monoisotopic (exact) mass is 358 g/mol. The summed E-state index contributed by atoms with van der Waals surface area (Å²) in [7, 11) is -0.816. The predicted molar refractivity (Wildman–Crippen MR) is 85.7 cm³/mol. The van der Waals surface area contributed by atoms with Gasteiger partial charge in [-0.2, -0.15) is 0 Å². The van der Waals surface area contributed by atoms with Crippen molar-refractivity contribution in [1.29, 1.82) is 0 Å². The van der Waals surface area contributed by atoms with Crippen molar-refractivity contribution < 1.29 is 21.6 Å². The summed E-state index contributed by atoms with van der Waals surface area (Å²) in [5.74, 6) is -0.804. The molecule has 1 heterocycles. The summed E-state index contributed by atoms with van der Waals surface area (Å²) >= 11 is 0. The van der Waals surface area contributed by atoms with Crippen LogP contribution in [-0.4, -0.2) is 38.3 Å². The molecule has 0 unspecified atom stereocenters. The van der Waals surface area contributed by atoms with Gasteiger partial charge >= 0.3 is 0 Å². The summed E-state index contributed by atoms with van der Waals surface area (Å²) < 4.78 is 58.0. The molecule has 2 rings (SSSR count). The van der Waals surface area contributed by atoms with Crippen molar-refractivity contribution in [2.45, 2.75) is 25.1 Å². The zero-order valence-electron chi connectivity index (χ0n) is 13.8. The van der Waals surface area contributed by atoms with Gasteiger partial charge in [0.15, 0.2) is 0 Å². The molecule has 8 heteroatoms. The number of nitrogens with zero attached hydrogens (tertiary/aromatic N) is 2.